The SMILES string of the molecule is CCOc1ccc(CCNCCCN2CCOCC2)cc1N. The second-order valence-electron chi connectivity index (χ2n) is 5.61. The standard InChI is InChI=1S/C17H29N3O2/c1-2-22-17-5-4-15(14-16(17)18)6-8-19-7-3-9-20-10-12-21-13-11-20/h4-5,14,19H,2-3,6-13,18H2,1H3. The van der Waals surface area contributed by atoms with Crippen molar-refractivity contribution in [3.8, 4) is 5.75 Å². The largest absolute Gasteiger partial charge is 0.492 e. The van der Waals surface area contributed by atoms with Gasteiger partial charge in [-0.3, -0.25) is 4.90 Å². The van der Waals surface area contributed by atoms with E-state index in [0.717, 1.165) is 63.8 Å². The molecule has 124 valence electrons. The van der Waals surface area contributed by atoms with Gasteiger partial charge in [-0.2, -0.15) is 0 Å². The first kappa shape index (κ1) is 17.1. The minimum Gasteiger partial charge on any atom is -0.492 e. The van der Waals surface area contributed by atoms with Crippen LogP contribution in [-0.4, -0.2) is 57.4 Å². The summed E-state index contributed by atoms with van der Waals surface area (Å²) in [6.07, 6.45) is 2.18. The van der Waals surface area contributed by atoms with E-state index in [4.69, 9.17) is 15.2 Å². The molecule has 0 saturated carbocycles. The van der Waals surface area contributed by atoms with Gasteiger partial charge in [-0.25, -0.2) is 0 Å². The van der Waals surface area contributed by atoms with E-state index < -0.39 is 0 Å². The van der Waals surface area contributed by atoms with Crippen molar-refractivity contribution in [2.75, 3.05) is 58.3 Å². The van der Waals surface area contributed by atoms with Crippen LogP contribution in [0.15, 0.2) is 18.2 Å². The zero-order valence-electron chi connectivity index (χ0n) is 13.6. The van der Waals surface area contributed by atoms with Gasteiger partial charge in [-0.05, 0) is 57.1 Å². The predicted molar refractivity (Wildman–Crippen MR) is 90.5 cm³/mol. The van der Waals surface area contributed by atoms with Crippen LogP contribution >= 0.6 is 0 Å². The fraction of sp³-hybridized carbons (Fsp3) is 0.647. The Balaban J connectivity index is 1.57. The third kappa shape index (κ3) is 5.83. The summed E-state index contributed by atoms with van der Waals surface area (Å²) in [5, 5.41) is 3.50. The molecule has 0 aromatic heterocycles. The fourth-order valence-corrected chi connectivity index (χ4v) is 2.65. The number of benzene rings is 1. The summed E-state index contributed by atoms with van der Waals surface area (Å²) in [6, 6.07) is 6.07. The second-order valence-corrected chi connectivity index (χ2v) is 5.61. The summed E-state index contributed by atoms with van der Waals surface area (Å²) in [5.74, 6) is 0.782. The molecular formula is C17H29N3O2. The summed E-state index contributed by atoms with van der Waals surface area (Å²) >= 11 is 0. The molecule has 0 amide bonds. The van der Waals surface area contributed by atoms with Gasteiger partial charge in [-0.1, -0.05) is 6.07 Å². The summed E-state index contributed by atoms with van der Waals surface area (Å²) < 4.78 is 10.8. The molecule has 1 saturated heterocycles. The molecule has 0 unspecified atom stereocenters. The topological polar surface area (TPSA) is 59.8 Å². The van der Waals surface area contributed by atoms with Gasteiger partial charge in [0.05, 0.1) is 25.5 Å². The molecule has 0 spiro atoms. The maximum Gasteiger partial charge on any atom is 0.142 e. The van der Waals surface area contributed by atoms with Gasteiger partial charge < -0.3 is 20.5 Å². The van der Waals surface area contributed by atoms with Gasteiger partial charge in [0.1, 0.15) is 5.75 Å². The summed E-state index contributed by atoms with van der Waals surface area (Å²) in [4.78, 5) is 2.47. The third-order valence-corrected chi connectivity index (χ3v) is 3.90. The third-order valence-electron chi connectivity index (χ3n) is 3.90. The summed E-state index contributed by atoms with van der Waals surface area (Å²) in [6.45, 7) is 9.73. The smallest absolute Gasteiger partial charge is 0.142 e. The summed E-state index contributed by atoms with van der Waals surface area (Å²) in [7, 11) is 0. The van der Waals surface area contributed by atoms with Crippen molar-refractivity contribution >= 4 is 5.69 Å². The molecule has 1 aliphatic rings. The van der Waals surface area contributed by atoms with Crippen molar-refractivity contribution in [1.29, 1.82) is 0 Å². The number of nitrogen functional groups attached to an aromatic ring is 1. The van der Waals surface area contributed by atoms with Crippen LogP contribution in [0, 0.1) is 0 Å². The number of nitrogens with one attached hydrogen (secondary N) is 1. The molecule has 5 heteroatoms. The number of morpholine rings is 1. The molecule has 0 radical (unpaired) electrons. The van der Waals surface area contributed by atoms with Gasteiger partial charge in [0, 0.05) is 13.1 Å². The van der Waals surface area contributed by atoms with E-state index in [2.05, 4.69) is 16.3 Å². The van der Waals surface area contributed by atoms with Crippen LogP contribution < -0.4 is 15.8 Å². The molecule has 3 N–H and O–H groups in total. The average molecular weight is 307 g/mol. The molecule has 0 atom stereocenters. The Labute approximate surface area is 133 Å². The number of ether oxygens (including phenoxy) is 2. The van der Waals surface area contributed by atoms with Crippen molar-refractivity contribution in [2.45, 2.75) is 19.8 Å². The van der Waals surface area contributed by atoms with Crippen LogP contribution in [0.3, 0.4) is 0 Å². The van der Waals surface area contributed by atoms with E-state index in [9.17, 15) is 0 Å². The maximum atomic E-state index is 5.98. The monoisotopic (exact) mass is 307 g/mol. The lowest BCUT2D eigenvalue weighted by Gasteiger charge is -2.26. The predicted octanol–water partition coefficient (Wildman–Crippen LogP) is 1.52. The molecule has 1 aromatic rings. The average Bonchev–Trinajstić information content (AvgIpc) is 2.54. The van der Waals surface area contributed by atoms with Crippen LogP contribution in [0.1, 0.15) is 18.9 Å². The first-order valence-electron chi connectivity index (χ1n) is 8.31. The molecule has 1 heterocycles. The van der Waals surface area contributed by atoms with E-state index in [1.165, 1.54) is 12.0 Å². The van der Waals surface area contributed by atoms with Crippen LogP contribution in [0.25, 0.3) is 0 Å². The Morgan fingerprint density at radius 2 is 2.09 bits per heavy atom. The van der Waals surface area contributed by atoms with Crippen LogP contribution in [0.4, 0.5) is 5.69 Å². The lowest BCUT2D eigenvalue weighted by molar-refractivity contribution is 0.0375. The zero-order chi connectivity index (χ0) is 15.6. The molecule has 1 aliphatic heterocycles. The number of hydrogen-bond donors (Lipinski definition) is 2. The minimum atomic E-state index is 0.647. The Bertz CT molecular complexity index is 434. The fourth-order valence-electron chi connectivity index (χ4n) is 2.65. The number of nitrogens with two attached hydrogens (primary N) is 1. The van der Waals surface area contributed by atoms with Crippen molar-refractivity contribution in [1.82, 2.24) is 10.2 Å². The van der Waals surface area contributed by atoms with Crippen molar-refractivity contribution in [2.24, 2.45) is 0 Å². The van der Waals surface area contributed by atoms with Gasteiger partial charge in [-0.15, -0.1) is 0 Å². The summed E-state index contributed by atoms with van der Waals surface area (Å²) in [5.41, 5.74) is 7.96. The second kappa shape index (κ2) is 9.66. The lowest BCUT2D eigenvalue weighted by Crippen LogP contribution is -2.37. The molecule has 0 bridgehead atoms. The number of anilines is 1. The molecule has 1 fully saturated rings. The first-order chi connectivity index (χ1) is 10.8. The number of hydrogen-bond acceptors (Lipinski definition) is 5. The van der Waals surface area contributed by atoms with Crippen LogP contribution in [0.2, 0.25) is 0 Å². The van der Waals surface area contributed by atoms with Gasteiger partial charge >= 0.3 is 0 Å². The van der Waals surface area contributed by atoms with E-state index in [-0.39, 0.29) is 0 Å². The van der Waals surface area contributed by atoms with Crippen molar-refractivity contribution < 1.29 is 9.47 Å². The Morgan fingerprint density at radius 3 is 2.82 bits per heavy atom. The number of rotatable bonds is 9. The normalized spacial score (nSPS) is 15.9. The molecular weight excluding hydrogens is 278 g/mol. The molecule has 1 aromatic carbocycles. The highest BCUT2D eigenvalue weighted by Crippen LogP contribution is 2.22. The van der Waals surface area contributed by atoms with Gasteiger partial charge in [0.25, 0.3) is 0 Å². The van der Waals surface area contributed by atoms with Crippen LogP contribution in [0.5, 0.6) is 5.75 Å². The van der Waals surface area contributed by atoms with E-state index in [0.29, 0.717) is 6.61 Å². The molecule has 22 heavy (non-hydrogen) atoms. The molecule has 2 rings (SSSR count). The molecule has 0 aliphatic carbocycles. The highest BCUT2D eigenvalue weighted by molar-refractivity contribution is 5.54. The number of nitrogens with zero attached hydrogens (tertiary/aromatic N) is 1. The Kier molecular flexibility index (Phi) is 7.49. The van der Waals surface area contributed by atoms with Crippen molar-refractivity contribution in [3.05, 3.63) is 23.8 Å². The molecule has 5 nitrogen and oxygen atoms in total. The first-order valence-corrected chi connectivity index (χ1v) is 8.31. The Hall–Kier alpha value is -1.30. The van der Waals surface area contributed by atoms with Crippen molar-refractivity contribution in [3.63, 3.8) is 0 Å². The maximum absolute atomic E-state index is 5.98. The van der Waals surface area contributed by atoms with E-state index >= 15 is 0 Å². The Morgan fingerprint density at radius 1 is 1.27 bits per heavy atom. The minimum absolute atomic E-state index is 0.647. The van der Waals surface area contributed by atoms with Crippen LogP contribution in [-0.2, 0) is 11.2 Å². The lowest BCUT2D eigenvalue weighted by atomic mass is 10.1. The quantitative estimate of drug-likeness (QED) is 0.535. The highest BCUT2D eigenvalue weighted by Gasteiger charge is 2.08. The zero-order valence-corrected chi connectivity index (χ0v) is 13.6. The van der Waals surface area contributed by atoms with Gasteiger partial charge in [0.15, 0.2) is 0 Å². The van der Waals surface area contributed by atoms with E-state index in [1.54, 1.807) is 0 Å². The van der Waals surface area contributed by atoms with E-state index in [1.807, 2.05) is 19.1 Å². The van der Waals surface area contributed by atoms with Gasteiger partial charge in [0.2, 0.25) is 0 Å². The highest BCUT2D eigenvalue weighted by atomic mass is 16.5.